The van der Waals surface area contributed by atoms with Crippen molar-refractivity contribution in [1.82, 2.24) is 0 Å². The summed E-state index contributed by atoms with van der Waals surface area (Å²) in [7, 11) is -9.85. The fraction of sp³-hybridized carbons (Fsp3) is 0.562. The minimum Gasteiger partial charge on any atom is -0.448 e. The number of hydrogen-bond acceptors (Lipinski definition) is 11. The number of aryl methyl sites for hydroxylation is 1. The van der Waals surface area contributed by atoms with Gasteiger partial charge >= 0.3 is 28.0 Å². The van der Waals surface area contributed by atoms with Gasteiger partial charge in [-0.1, -0.05) is 82.6 Å². The lowest BCUT2D eigenvalue weighted by atomic mass is 10.1. The molecule has 2 rings (SSSR count). The number of ether oxygens (including phenoxy) is 3. The average Bonchev–Trinajstić information content (AvgIpc) is 2.98. The Balaban J connectivity index is 2.70. The van der Waals surface area contributed by atoms with Gasteiger partial charge in [-0.2, -0.15) is 8.42 Å². The maximum absolute atomic E-state index is 14.2. The molecule has 0 aromatic heterocycles. The topological polar surface area (TPSA) is 169 Å². The lowest BCUT2D eigenvalue weighted by molar-refractivity contribution is -0.173. The first-order chi connectivity index (χ1) is 21.9. The first kappa shape index (κ1) is 40.4. The van der Waals surface area contributed by atoms with Gasteiger partial charge in [0.25, 0.3) is 33.3 Å². The number of benzene rings is 2. The Bertz CT molecular complexity index is 1490. The van der Waals surface area contributed by atoms with Crippen molar-refractivity contribution in [2.24, 2.45) is 23.7 Å². The summed E-state index contributed by atoms with van der Waals surface area (Å²) in [5.74, 6) is -3.07. The molecule has 0 saturated heterocycles. The van der Waals surface area contributed by atoms with E-state index in [1.807, 2.05) is 0 Å². The third-order valence-electron chi connectivity index (χ3n) is 6.53. The summed E-state index contributed by atoms with van der Waals surface area (Å²) in [6.45, 7) is 13.5. The normalized spacial score (nSPS) is 13.9. The van der Waals surface area contributed by atoms with Gasteiger partial charge in [-0.3, -0.25) is 14.1 Å². The lowest BCUT2D eigenvalue weighted by Gasteiger charge is -2.18. The molecule has 0 radical (unpaired) electrons. The standard InChI is InChI=1S/C32H45O12P2S/c1-20(2)29(33)41-31(22(5)6)43-45(35)26-18-17-24(14-12-13-19-47(37,38)39)28(27(26)40-25-15-10-9-11-16-25)46(36)44-32(23(7)8)42-30(34)21(3)4/h9-11,15-18,20-23,31-32H,12-14,19H2,1-8H3/q+1/p+1. The van der Waals surface area contributed by atoms with Crippen molar-refractivity contribution in [1.29, 1.82) is 0 Å². The van der Waals surface area contributed by atoms with Gasteiger partial charge in [0.2, 0.25) is 5.75 Å². The molecule has 2 aromatic carbocycles. The van der Waals surface area contributed by atoms with Crippen LogP contribution in [0.4, 0.5) is 0 Å². The fourth-order valence-electron chi connectivity index (χ4n) is 3.81. The molecular weight excluding hydrogens is 670 g/mol. The summed E-state index contributed by atoms with van der Waals surface area (Å²) in [6.07, 6.45) is -1.84. The Morgan fingerprint density at radius 1 is 0.745 bits per heavy atom. The summed E-state index contributed by atoms with van der Waals surface area (Å²) in [5.41, 5.74) is 0.420. The number of carbonyl (C=O) groups is 2. The number of para-hydroxylation sites is 1. The van der Waals surface area contributed by atoms with Crippen LogP contribution in [0, 0.1) is 23.7 Å². The number of unbranched alkanes of at least 4 members (excludes halogenated alkanes) is 1. The van der Waals surface area contributed by atoms with Crippen LogP contribution in [0.3, 0.4) is 0 Å². The number of hydrogen-bond donors (Lipinski definition) is 1. The minimum absolute atomic E-state index is 0.000919. The second-order valence-electron chi connectivity index (χ2n) is 12.2. The largest absolute Gasteiger partial charge is 0.557 e. The van der Waals surface area contributed by atoms with Crippen LogP contribution in [0.5, 0.6) is 11.5 Å². The van der Waals surface area contributed by atoms with Gasteiger partial charge in [-0.15, -0.1) is 0 Å². The molecule has 1 N–H and O–H groups in total. The summed E-state index contributed by atoms with van der Waals surface area (Å²) in [5, 5.41) is 0.00526. The van der Waals surface area contributed by atoms with E-state index in [4.69, 9.17) is 23.3 Å². The Morgan fingerprint density at radius 2 is 1.26 bits per heavy atom. The highest BCUT2D eigenvalue weighted by Crippen LogP contribution is 2.39. The van der Waals surface area contributed by atoms with Gasteiger partial charge in [0.15, 0.2) is 0 Å². The van der Waals surface area contributed by atoms with Crippen LogP contribution in [0.25, 0.3) is 0 Å². The van der Waals surface area contributed by atoms with E-state index in [0.717, 1.165) is 0 Å². The number of esters is 2. The van der Waals surface area contributed by atoms with Crippen molar-refractivity contribution >= 4 is 48.7 Å². The van der Waals surface area contributed by atoms with Crippen molar-refractivity contribution in [3.8, 4) is 11.5 Å². The van der Waals surface area contributed by atoms with E-state index in [1.165, 1.54) is 6.07 Å². The molecule has 260 valence electrons. The molecule has 47 heavy (non-hydrogen) atoms. The van der Waals surface area contributed by atoms with Crippen molar-refractivity contribution in [2.45, 2.75) is 87.2 Å². The number of rotatable bonds is 19. The van der Waals surface area contributed by atoms with E-state index in [1.54, 1.807) is 91.8 Å². The van der Waals surface area contributed by atoms with Crippen LogP contribution in [0.1, 0.15) is 73.8 Å². The first-order valence-corrected chi connectivity index (χ1v) is 19.4. The molecule has 12 nitrogen and oxygen atoms in total. The maximum atomic E-state index is 14.2. The predicted molar refractivity (Wildman–Crippen MR) is 178 cm³/mol. The molecular formula is C32H46O12P2S+2. The van der Waals surface area contributed by atoms with Gasteiger partial charge in [0.05, 0.1) is 17.6 Å². The lowest BCUT2D eigenvalue weighted by Crippen LogP contribution is -2.29. The molecule has 0 fully saturated rings. The molecule has 0 amide bonds. The minimum atomic E-state index is -4.20. The molecule has 0 saturated carbocycles. The SMILES string of the molecule is CC(C)C(=O)OC(O[P+](=O)c1ccc(CCCCS(=O)(=O)O)c([P+](=O)OC(OC(=O)C(C)C)C(C)C)c1Oc1ccccc1)C(C)C. The molecule has 0 aliphatic carbocycles. The molecule has 0 aliphatic heterocycles. The Morgan fingerprint density at radius 3 is 1.72 bits per heavy atom. The van der Waals surface area contributed by atoms with Crippen LogP contribution >= 0.6 is 16.1 Å². The predicted octanol–water partition coefficient (Wildman–Crippen LogP) is 6.82. The van der Waals surface area contributed by atoms with Crippen molar-refractivity contribution in [2.75, 3.05) is 5.75 Å². The molecule has 15 heteroatoms. The quantitative estimate of drug-likeness (QED) is 0.0530. The molecule has 0 heterocycles. The van der Waals surface area contributed by atoms with Crippen molar-refractivity contribution in [3.05, 3.63) is 48.0 Å². The van der Waals surface area contributed by atoms with Gasteiger partial charge in [0, 0.05) is 17.4 Å². The van der Waals surface area contributed by atoms with Gasteiger partial charge < -0.3 is 14.2 Å². The van der Waals surface area contributed by atoms with E-state index in [0.29, 0.717) is 11.3 Å². The zero-order valence-electron chi connectivity index (χ0n) is 28.1. The van der Waals surface area contributed by atoms with Crippen LogP contribution in [0.2, 0.25) is 0 Å². The van der Waals surface area contributed by atoms with Gasteiger partial charge in [0.1, 0.15) is 5.75 Å². The van der Waals surface area contributed by atoms with E-state index in [2.05, 4.69) is 0 Å². The maximum Gasteiger partial charge on any atom is 0.557 e. The van der Waals surface area contributed by atoms with Crippen LogP contribution in [-0.4, -0.2) is 43.2 Å². The van der Waals surface area contributed by atoms with Crippen molar-refractivity contribution < 1.29 is 54.9 Å². The smallest absolute Gasteiger partial charge is 0.448 e. The van der Waals surface area contributed by atoms with Gasteiger partial charge in [-0.25, -0.2) is 0 Å². The Hall–Kier alpha value is -2.79. The third kappa shape index (κ3) is 13.3. The molecule has 4 atom stereocenters. The van der Waals surface area contributed by atoms with Crippen LogP contribution in [-0.2, 0) is 53.8 Å². The second-order valence-corrected chi connectivity index (χ2v) is 16.2. The molecule has 0 aliphatic rings. The van der Waals surface area contributed by atoms with E-state index >= 15 is 0 Å². The third-order valence-corrected chi connectivity index (χ3v) is 9.73. The monoisotopic (exact) mass is 716 g/mol. The highest BCUT2D eigenvalue weighted by molar-refractivity contribution is 7.85. The zero-order valence-corrected chi connectivity index (χ0v) is 30.7. The molecule has 0 spiro atoms. The van der Waals surface area contributed by atoms with E-state index < -0.39 is 74.2 Å². The summed E-state index contributed by atoms with van der Waals surface area (Å²) >= 11 is 0. The summed E-state index contributed by atoms with van der Waals surface area (Å²) in [6, 6.07) is 11.5. The fourth-order valence-corrected chi connectivity index (χ4v) is 6.91. The summed E-state index contributed by atoms with van der Waals surface area (Å²) < 4.78 is 88.7. The molecule has 0 bridgehead atoms. The first-order valence-electron chi connectivity index (χ1n) is 15.4. The highest BCUT2D eigenvalue weighted by Gasteiger charge is 2.45. The van der Waals surface area contributed by atoms with E-state index in [9.17, 15) is 31.7 Å². The second kappa shape index (κ2) is 18.7. The Labute approximate surface area is 279 Å². The van der Waals surface area contributed by atoms with E-state index in [-0.39, 0.29) is 41.5 Å². The highest BCUT2D eigenvalue weighted by atomic mass is 32.2. The van der Waals surface area contributed by atoms with Gasteiger partial charge in [-0.05, 0) is 52.7 Å². The molecule has 4 unspecified atom stereocenters. The number of carbonyl (C=O) groups excluding carboxylic acids is 2. The van der Waals surface area contributed by atoms with Crippen molar-refractivity contribution in [3.63, 3.8) is 0 Å². The average molecular weight is 717 g/mol. The summed E-state index contributed by atoms with van der Waals surface area (Å²) in [4.78, 5) is 24.8. The Kier molecular flexibility index (Phi) is 16.0. The van der Waals surface area contributed by atoms with Crippen LogP contribution in [0.15, 0.2) is 42.5 Å². The zero-order chi connectivity index (χ0) is 35.5. The molecule has 2 aromatic rings. The van der Waals surface area contributed by atoms with Crippen LogP contribution < -0.4 is 15.3 Å².